The molecule has 0 radical (unpaired) electrons. The molecule has 0 atom stereocenters. The molecular weight excluding hydrogens is 298 g/mol. The average Bonchev–Trinajstić information content (AvgIpc) is 3.21. The number of carbonyl (C=O) groups is 1. The summed E-state index contributed by atoms with van der Waals surface area (Å²) in [5.41, 5.74) is 5.62. The molecule has 24 heavy (non-hydrogen) atoms. The van der Waals surface area contributed by atoms with E-state index in [0.717, 1.165) is 41.6 Å². The van der Waals surface area contributed by atoms with Crippen molar-refractivity contribution in [3.05, 3.63) is 71.4 Å². The number of hydrogen-bond acceptors (Lipinski definition) is 2. The quantitative estimate of drug-likeness (QED) is 0.770. The molecule has 0 saturated carbocycles. The first-order valence-electron chi connectivity index (χ1n) is 8.30. The Balaban J connectivity index is 1.48. The number of aromatic amines is 1. The maximum Gasteiger partial charge on any atom is 0.230 e. The van der Waals surface area contributed by atoms with Crippen LogP contribution in [0.2, 0.25) is 0 Å². The second-order valence-electron chi connectivity index (χ2n) is 6.17. The Labute approximate surface area is 140 Å². The van der Waals surface area contributed by atoms with Crippen molar-refractivity contribution in [1.82, 2.24) is 10.2 Å². The number of hydrogen-bond donors (Lipinski definition) is 2. The van der Waals surface area contributed by atoms with E-state index in [0.29, 0.717) is 12.2 Å². The van der Waals surface area contributed by atoms with E-state index in [1.54, 1.807) is 0 Å². The number of fused-ring (bicyclic) bond motifs is 1. The molecule has 2 N–H and O–H groups in total. The van der Waals surface area contributed by atoms with E-state index >= 15 is 0 Å². The van der Waals surface area contributed by atoms with Crippen molar-refractivity contribution in [2.45, 2.75) is 25.7 Å². The van der Waals surface area contributed by atoms with Crippen molar-refractivity contribution in [3.8, 4) is 11.1 Å². The van der Waals surface area contributed by atoms with Crippen LogP contribution in [0.25, 0.3) is 11.1 Å². The van der Waals surface area contributed by atoms with Gasteiger partial charge in [0.25, 0.3) is 0 Å². The van der Waals surface area contributed by atoms with Crippen LogP contribution in [0.4, 0.5) is 5.82 Å². The first-order chi connectivity index (χ1) is 11.8. The lowest BCUT2D eigenvalue weighted by atomic mass is 10.0. The Hall–Kier alpha value is -2.88. The third-order valence-electron chi connectivity index (χ3n) is 4.46. The Morgan fingerprint density at radius 1 is 1.04 bits per heavy atom. The maximum absolute atomic E-state index is 12.4. The minimum atomic E-state index is -0.0265. The smallest absolute Gasteiger partial charge is 0.230 e. The van der Waals surface area contributed by atoms with Crippen LogP contribution in [0.3, 0.4) is 0 Å². The molecule has 0 unspecified atom stereocenters. The van der Waals surface area contributed by atoms with Gasteiger partial charge in [-0.05, 0) is 36.0 Å². The maximum atomic E-state index is 12.4. The number of H-pyrrole nitrogens is 1. The van der Waals surface area contributed by atoms with Gasteiger partial charge in [0.15, 0.2) is 5.82 Å². The van der Waals surface area contributed by atoms with Gasteiger partial charge in [-0.1, -0.05) is 54.6 Å². The van der Waals surface area contributed by atoms with E-state index in [1.165, 1.54) is 5.56 Å². The van der Waals surface area contributed by atoms with Crippen molar-refractivity contribution in [3.63, 3.8) is 0 Å². The topological polar surface area (TPSA) is 57.8 Å². The monoisotopic (exact) mass is 317 g/mol. The zero-order chi connectivity index (χ0) is 16.4. The van der Waals surface area contributed by atoms with E-state index in [2.05, 4.69) is 39.8 Å². The standard InChI is InChI=1S/C20H19N3O/c24-19(21-20-17-10-5-11-18(17)22-23-20)13-14-6-4-9-16(12-14)15-7-2-1-3-8-15/h1-4,6-9,12H,5,10-11,13H2,(H2,21,22,23,24). The third-order valence-corrected chi connectivity index (χ3v) is 4.46. The van der Waals surface area contributed by atoms with Crippen LogP contribution in [0, 0.1) is 0 Å². The molecule has 120 valence electrons. The van der Waals surface area contributed by atoms with Crippen molar-refractivity contribution < 1.29 is 4.79 Å². The highest BCUT2D eigenvalue weighted by atomic mass is 16.1. The van der Waals surface area contributed by atoms with Crippen molar-refractivity contribution >= 4 is 11.7 Å². The number of amides is 1. The van der Waals surface area contributed by atoms with Gasteiger partial charge in [-0.3, -0.25) is 9.89 Å². The second kappa shape index (κ2) is 6.32. The summed E-state index contributed by atoms with van der Waals surface area (Å²) in [4.78, 5) is 12.4. The van der Waals surface area contributed by atoms with Crippen LogP contribution in [-0.4, -0.2) is 16.1 Å². The predicted octanol–water partition coefficient (Wildman–Crippen LogP) is 3.75. The number of nitrogens with zero attached hydrogens (tertiary/aromatic N) is 1. The Morgan fingerprint density at radius 2 is 1.88 bits per heavy atom. The Kier molecular flexibility index (Phi) is 3.87. The number of carbonyl (C=O) groups excluding carboxylic acids is 1. The van der Waals surface area contributed by atoms with Gasteiger partial charge in [0.2, 0.25) is 5.91 Å². The highest BCUT2D eigenvalue weighted by molar-refractivity contribution is 5.92. The predicted molar refractivity (Wildman–Crippen MR) is 94.8 cm³/mol. The Morgan fingerprint density at radius 3 is 2.75 bits per heavy atom. The van der Waals surface area contributed by atoms with E-state index in [-0.39, 0.29) is 5.91 Å². The molecule has 0 bridgehead atoms. The zero-order valence-electron chi connectivity index (χ0n) is 13.4. The van der Waals surface area contributed by atoms with Gasteiger partial charge in [-0.2, -0.15) is 5.10 Å². The number of anilines is 1. The zero-order valence-corrected chi connectivity index (χ0v) is 13.4. The summed E-state index contributed by atoms with van der Waals surface area (Å²) in [5, 5.41) is 10.2. The molecule has 4 heteroatoms. The lowest BCUT2D eigenvalue weighted by molar-refractivity contribution is -0.115. The van der Waals surface area contributed by atoms with Crippen LogP contribution in [0.15, 0.2) is 54.6 Å². The molecule has 1 amide bonds. The summed E-state index contributed by atoms with van der Waals surface area (Å²) in [6.07, 6.45) is 3.50. The molecule has 3 aromatic rings. The van der Waals surface area contributed by atoms with Gasteiger partial charge >= 0.3 is 0 Å². The third kappa shape index (κ3) is 2.95. The summed E-state index contributed by atoms with van der Waals surface area (Å²) in [6, 6.07) is 18.3. The molecule has 4 nitrogen and oxygen atoms in total. The molecule has 0 aliphatic heterocycles. The van der Waals surface area contributed by atoms with Gasteiger partial charge in [-0.15, -0.1) is 0 Å². The molecule has 0 saturated heterocycles. The fraction of sp³-hybridized carbons (Fsp3) is 0.200. The summed E-state index contributed by atoms with van der Waals surface area (Å²) >= 11 is 0. The van der Waals surface area contributed by atoms with Gasteiger partial charge in [0, 0.05) is 11.3 Å². The van der Waals surface area contributed by atoms with Crippen LogP contribution < -0.4 is 5.32 Å². The average molecular weight is 317 g/mol. The normalized spacial score (nSPS) is 12.8. The fourth-order valence-electron chi connectivity index (χ4n) is 3.28. The minimum Gasteiger partial charge on any atom is -0.309 e. The highest BCUT2D eigenvalue weighted by Gasteiger charge is 2.19. The molecule has 1 aliphatic carbocycles. The van der Waals surface area contributed by atoms with Gasteiger partial charge in [-0.25, -0.2) is 0 Å². The van der Waals surface area contributed by atoms with Crippen LogP contribution in [0.5, 0.6) is 0 Å². The number of rotatable bonds is 4. The lowest BCUT2D eigenvalue weighted by Crippen LogP contribution is -2.15. The largest absolute Gasteiger partial charge is 0.309 e. The summed E-state index contributed by atoms with van der Waals surface area (Å²) < 4.78 is 0. The molecular formula is C20H19N3O. The van der Waals surface area contributed by atoms with E-state index in [9.17, 15) is 4.79 Å². The van der Waals surface area contributed by atoms with Crippen LogP contribution >= 0.6 is 0 Å². The van der Waals surface area contributed by atoms with Crippen molar-refractivity contribution in [2.24, 2.45) is 0 Å². The summed E-state index contributed by atoms with van der Waals surface area (Å²) in [7, 11) is 0. The molecule has 1 aliphatic rings. The highest BCUT2D eigenvalue weighted by Crippen LogP contribution is 2.26. The minimum absolute atomic E-state index is 0.0265. The van der Waals surface area contributed by atoms with E-state index in [4.69, 9.17) is 0 Å². The Bertz CT molecular complexity index is 868. The van der Waals surface area contributed by atoms with Crippen molar-refractivity contribution in [1.29, 1.82) is 0 Å². The number of aryl methyl sites for hydroxylation is 1. The number of benzene rings is 2. The summed E-state index contributed by atoms with van der Waals surface area (Å²) in [5.74, 6) is 0.674. The fourth-order valence-corrected chi connectivity index (χ4v) is 3.28. The van der Waals surface area contributed by atoms with Crippen LogP contribution in [0.1, 0.15) is 23.2 Å². The van der Waals surface area contributed by atoms with Gasteiger partial charge < -0.3 is 5.32 Å². The molecule has 0 fully saturated rings. The SMILES string of the molecule is O=C(Cc1cccc(-c2ccccc2)c1)Nc1n[nH]c2c1CCC2. The first-order valence-corrected chi connectivity index (χ1v) is 8.30. The molecule has 2 aromatic carbocycles. The molecule has 4 rings (SSSR count). The number of aromatic nitrogens is 2. The second-order valence-corrected chi connectivity index (χ2v) is 6.17. The van der Waals surface area contributed by atoms with Gasteiger partial charge in [0.1, 0.15) is 0 Å². The number of nitrogens with one attached hydrogen (secondary N) is 2. The molecule has 1 heterocycles. The molecule has 0 spiro atoms. The van der Waals surface area contributed by atoms with E-state index in [1.807, 2.05) is 30.3 Å². The first kappa shape index (κ1) is 14.7. The van der Waals surface area contributed by atoms with Crippen LogP contribution in [-0.2, 0) is 24.1 Å². The van der Waals surface area contributed by atoms with Crippen molar-refractivity contribution in [2.75, 3.05) is 5.32 Å². The lowest BCUT2D eigenvalue weighted by Gasteiger charge is -2.07. The summed E-state index contributed by atoms with van der Waals surface area (Å²) in [6.45, 7) is 0. The van der Waals surface area contributed by atoms with Gasteiger partial charge in [0.05, 0.1) is 6.42 Å². The van der Waals surface area contributed by atoms with E-state index < -0.39 is 0 Å². The molecule has 1 aromatic heterocycles.